The van der Waals surface area contributed by atoms with Crippen LogP contribution in [0.15, 0.2) is 48.7 Å². The van der Waals surface area contributed by atoms with Gasteiger partial charge in [0.25, 0.3) is 5.91 Å². The number of benzene rings is 2. The lowest BCUT2D eigenvalue weighted by molar-refractivity contribution is -0.147. The van der Waals surface area contributed by atoms with E-state index in [0.717, 1.165) is 42.0 Å². The Morgan fingerprint density at radius 3 is 2.77 bits per heavy atom. The summed E-state index contributed by atoms with van der Waals surface area (Å²) in [7, 11) is 0. The van der Waals surface area contributed by atoms with E-state index in [4.69, 9.17) is 4.74 Å². The zero-order chi connectivity index (χ0) is 27.4. The van der Waals surface area contributed by atoms with E-state index in [9.17, 15) is 14.7 Å². The van der Waals surface area contributed by atoms with Crippen LogP contribution in [0.5, 0.6) is 0 Å². The Morgan fingerprint density at radius 2 is 2.03 bits per heavy atom. The van der Waals surface area contributed by atoms with Crippen molar-refractivity contribution < 1.29 is 19.4 Å². The number of aliphatic hydroxyl groups excluding tert-OH is 1. The highest BCUT2D eigenvalue weighted by Gasteiger charge is 2.27. The maximum Gasteiger partial charge on any atom is 0.307 e. The molecule has 3 aromatic rings. The number of aromatic nitrogens is 1. The normalized spacial score (nSPS) is 18.9. The molecule has 0 radical (unpaired) electrons. The van der Waals surface area contributed by atoms with Gasteiger partial charge in [-0.2, -0.15) is 0 Å². The minimum atomic E-state index is -0.841. The first-order chi connectivity index (χ1) is 19.0. The van der Waals surface area contributed by atoms with Gasteiger partial charge in [-0.05, 0) is 68.3 Å². The lowest BCUT2D eigenvalue weighted by atomic mass is 9.99. The highest BCUT2D eigenvalue weighted by molar-refractivity contribution is 8.00. The first-order valence-electron chi connectivity index (χ1n) is 13.9. The van der Waals surface area contributed by atoms with Crippen LogP contribution in [-0.2, 0) is 28.9 Å². The van der Waals surface area contributed by atoms with E-state index in [1.165, 1.54) is 10.9 Å². The number of aryl methyl sites for hydroxylation is 2. The van der Waals surface area contributed by atoms with Crippen molar-refractivity contribution in [3.8, 4) is 0 Å². The largest absolute Gasteiger partial charge is 0.466 e. The number of cyclic esters (lactones) is 1. The third kappa shape index (κ3) is 6.26. The van der Waals surface area contributed by atoms with Crippen LogP contribution < -0.4 is 14.9 Å². The number of nitrogens with one attached hydrogen (secondary N) is 2. The molecular weight excluding hydrogens is 512 g/mol. The molecule has 2 aliphatic heterocycles. The Bertz CT molecular complexity index is 1310. The Kier molecular flexibility index (Phi) is 8.79. The molecule has 1 aromatic heterocycles. The van der Waals surface area contributed by atoms with Gasteiger partial charge in [-0.1, -0.05) is 30.3 Å². The van der Waals surface area contributed by atoms with Crippen molar-refractivity contribution in [2.75, 3.05) is 29.8 Å². The summed E-state index contributed by atoms with van der Waals surface area (Å²) in [6.45, 7) is 6.59. The van der Waals surface area contributed by atoms with Gasteiger partial charge in [0.1, 0.15) is 0 Å². The quantitative estimate of drug-likeness (QED) is 0.262. The second-order valence-electron chi connectivity index (χ2n) is 10.3. The van der Waals surface area contributed by atoms with Crippen LogP contribution >= 0.6 is 11.9 Å². The maximum atomic E-state index is 13.8. The summed E-state index contributed by atoms with van der Waals surface area (Å²) in [6.07, 6.45) is 3.87. The van der Waals surface area contributed by atoms with E-state index < -0.39 is 12.1 Å². The second kappa shape index (κ2) is 12.4. The number of ether oxygens (including phenoxy) is 1. The van der Waals surface area contributed by atoms with E-state index in [2.05, 4.69) is 39.6 Å². The molecule has 208 valence electrons. The van der Waals surface area contributed by atoms with Crippen molar-refractivity contribution in [2.45, 2.75) is 64.3 Å². The molecular formula is C30H38N4O4S. The fourth-order valence-electron chi connectivity index (χ4n) is 5.55. The number of anilines is 1. The van der Waals surface area contributed by atoms with Gasteiger partial charge in [0.15, 0.2) is 0 Å². The number of amides is 1. The lowest BCUT2D eigenvalue weighted by Crippen LogP contribution is -2.51. The third-order valence-corrected chi connectivity index (χ3v) is 8.81. The number of aliphatic hydroxyl groups is 1. The molecule has 0 bridgehead atoms. The molecule has 8 nitrogen and oxygen atoms in total. The van der Waals surface area contributed by atoms with Crippen molar-refractivity contribution >= 4 is 40.4 Å². The van der Waals surface area contributed by atoms with Crippen LogP contribution in [0, 0.1) is 0 Å². The average Bonchev–Trinajstić information content (AvgIpc) is 3.21. The number of rotatable bonds is 10. The number of hydrogen-bond donors (Lipinski definition) is 3. The van der Waals surface area contributed by atoms with Crippen LogP contribution in [0.25, 0.3) is 10.9 Å². The van der Waals surface area contributed by atoms with Crippen molar-refractivity contribution in [3.05, 3.63) is 65.4 Å². The highest BCUT2D eigenvalue weighted by atomic mass is 32.2. The molecule has 1 amide bonds. The number of carbonyl (C=O) groups is 2. The number of carbonyl (C=O) groups excluding carboxylic acids is 2. The SMILES string of the molecule is CCN1SCCc2cn(CC)c3cc(C(=O)N[C@@H](Cc4ccccc4)[C@H](O)CNC4CCOC(=O)C4)cc1c23. The van der Waals surface area contributed by atoms with Gasteiger partial charge in [-0.3, -0.25) is 9.59 Å². The van der Waals surface area contributed by atoms with Crippen LogP contribution in [0.4, 0.5) is 5.69 Å². The molecule has 3 heterocycles. The summed E-state index contributed by atoms with van der Waals surface area (Å²) >= 11 is 1.80. The van der Waals surface area contributed by atoms with Crippen molar-refractivity contribution in [1.29, 1.82) is 0 Å². The standard InChI is InChI=1S/C30H38N4O4S/c1-3-33-19-21-11-13-39-34(4-2)26-16-22(15-25(33)29(21)26)30(37)32-24(14-20-8-6-5-7-9-20)27(35)18-31-23-10-12-38-28(36)17-23/h5-9,15-16,19,23-24,27,31,35H,3-4,10-14,17-18H2,1-2H3,(H,32,37)/t23?,24-,27+/m0/s1. The predicted octanol–water partition coefficient (Wildman–Crippen LogP) is 3.69. The second-order valence-corrected chi connectivity index (χ2v) is 11.4. The van der Waals surface area contributed by atoms with Crippen molar-refractivity contribution in [3.63, 3.8) is 0 Å². The summed E-state index contributed by atoms with van der Waals surface area (Å²) in [6, 6.07) is 13.3. The van der Waals surface area contributed by atoms with Crippen LogP contribution in [-0.4, -0.2) is 65.2 Å². The van der Waals surface area contributed by atoms with Gasteiger partial charge in [0.2, 0.25) is 0 Å². The van der Waals surface area contributed by atoms with E-state index in [-0.39, 0.29) is 30.9 Å². The highest BCUT2D eigenvalue weighted by Crippen LogP contribution is 2.39. The van der Waals surface area contributed by atoms with Crippen LogP contribution in [0.1, 0.15) is 48.2 Å². The molecule has 0 spiro atoms. The molecule has 0 saturated carbocycles. The topological polar surface area (TPSA) is 95.8 Å². The molecule has 2 aliphatic rings. The fourth-order valence-corrected chi connectivity index (χ4v) is 6.55. The molecule has 2 aromatic carbocycles. The van der Waals surface area contributed by atoms with E-state index in [1.807, 2.05) is 42.5 Å². The van der Waals surface area contributed by atoms with Crippen LogP contribution in [0.3, 0.4) is 0 Å². The van der Waals surface area contributed by atoms with E-state index in [0.29, 0.717) is 25.0 Å². The summed E-state index contributed by atoms with van der Waals surface area (Å²) in [4.78, 5) is 25.4. The minimum Gasteiger partial charge on any atom is -0.466 e. The first-order valence-corrected chi connectivity index (χ1v) is 14.9. The molecule has 3 atom stereocenters. The van der Waals surface area contributed by atoms with Gasteiger partial charge in [-0.15, -0.1) is 0 Å². The Balaban J connectivity index is 1.40. The molecule has 1 fully saturated rings. The summed E-state index contributed by atoms with van der Waals surface area (Å²) < 4.78 is 9.54. The Hall–Kier alpha value is -3.01. The summed E-state index contributed by atoms with van der Waals surface area (Å²) in [5.74, 6) is 0.575. The average molecular weight is 551 g/mol. The van der Waals surface area contributed by atoms with Gasteiger partial charge < -0.3 is 29.3 Å². The van der Waals surface area contributed by atoms with Crippen molar-refractivity contribution in [1.82, 2.24) is 15.2 Å². The van der Waals surface area contributed by atoms with Gasteiger partial charge in [-0.25, -0.2) is 0 Å². The molecule has 39 heavy (non-hydrogen) atoms. The fraction of sp³-hybridized carbons (Fsp3) is 0.467. The molecule has 0 aliphatic carbocycles. The van der Waals surface area contributed by atoms with E-state index >= 15 is 0 Å². The maximum absolute atomic E-state index is 13.8. The Morgan fingerprint density at radius 1 is 1.21 bits per heavy atom. The zero-order valence-electron chi connectivity index (χ0n) is 22.7. The summed E-state index contributed by atoms with van der Waals surface area (Å²) in [5.41, 5.74) is 5.10. The number of esters is 1. The summed E-state index contributed by atoms with van der Waals surface area (Å²) in [5, 5.41) is 18.9. The third-order valence-electron chi connectivity index (χ3n) is 7.65. The molecule has 1 unspecified atom stereocenters. The van der Waals surface area contributed by atoms with Gasteiger partial charge in [0, 0.05) is 48.6 Å². The van der Waals surface area contributed by atoms with Crippen molar-refractivity contribution in [2.24, 2.45) is 0 Å². The molecule has 5 rings (SSSR count). The zero-order valence-corrected chi connectivity index (χ0v) is 23.5. The lowest BCUT2D eigenvalue weighted by Gasteiger charge is -2.28. The molecule has 3 N–H and O–H groups in total. The van der Waals surface area contributed by atoms with Gasteiger partial charge in [0.05, 0.1) is 36.4 Å². The monoisotopic (exact) mass is 550 g/mol. The predicted molar refractivity (Wildman–Crippen MR) is 156 cm³/mol. The Labute approximate surface area is 234 Å². The van der Waals surface area contributed by atoms with E-state index in [1.54, 1.807) is 11.9 Å². The number of hydrogen-bond acceptors (Lipinski definition) is 7. The molecule has 1 saturated heterocycles. The number of nitrogens with zero attached hydrogens (tertiary/aromatic N) is 2. The smallest absolute Gasteiger partial charge is 0.307 e. The first kappa shape index (κ1) is 27.6. The van der Waals surface area contributed by atoms with Crippen LogP contribution in [0.2, 0.25) is 0 Å². The minimum absolute atomic E-state index is 0.0398. The molecule has 9 heteroatoms. The van der Waals surface area contributed by atoms with Gasteiger partial charge >= 0.3 is 5.97 Å².